The predicted molar refractivity (Wildman–Crippen MR) is 50.3 cm³/mol. The van der Waals surface area contributed by atoms with Crippen LogP contribution >= 0.6 is 0 Å². The summed E-state index contributed by atoms with van der Waals surface area (Å²) in [5.74, 6) is 2.71. The Kier molecular flexibility index (Phi) is 5.60. The SMILES string of the molecule is C#CC(CCC)NC(C)C=C. The Labute approximate surface area is 69.9 Å². The monoisotopic (exact) mass is 151 g/mol. The summed E-state index contributed by atoms with van der Waals surface area (Å²) < 4.78 is 0. The van der Waals surface area contributed by atoms with Crippen molar-refractivity contribution in [2.75, 3.05) is 0 Å². The van der Waals surface area contributed by atoms with Gasteiger partial charge in [-0.3, -0.25) is 5.32 Å². The summed E-state index contributed by atoms with van der Waals surface area (Å²) in [5, 5.41) is 3.26. The Bertz CT molecular complexity index is 143. The smallest absolute Gasteiger partial charge is 0.0691 e. The van der Waals surface area contributed by atoms with Gasteiger partial charge in [0.1, 0.15) is 0 Å². The molecule has 0 aromatic carbocycles. The number of rotatable bonds is 5. The third-order valence-corrected chi connectivity index (χ3v) is 1.60. The van der Waals surface area contributed by atoms with Gasteiger partial charge in [-0.25, -0.2) is 0 Å². The number of terminal acetylenes is 1. The zero-order valence-electron chi connectivity index (χ0n) is 7.43. The van der Waals surface area contributed by atoms with E-state index in [4.69, 9.17) is 6.42 Å². The van der Waals surface area contributed by atoms with Gasteiger partial charge in [-0.1, -0.05) is 25.3 Å². The molecule has 0 aliphatic rings. The van der Waals surface area contributed by atoms with Gasteiger partial charge in [-0.15, -0.1) is 13.0 Å². The van der Waals surface area contributed by atoms with E-state index >= 15 is 0 Å². The summed E-state index contributed by atoms with van der Waals surface area (Å²) >= 11 is 0. The maximum Gasteiger partial charge on any atom is 0.0691 e. The molecule has 0 aromatic rings. The fourth-order valence-corrected chi connectivity index (χ4v) is 0.889. The number of hydrogen-bond donors (Lipinski definition) is 1. The van der Waals surface area contributed by atoms with E-state index in [2.05, 4.69) is 24.7 Å². The normalized spacial score (nSPS) is 15.0. The van der Waals surface area contributed by atoms with E-state index in [-0.39, 0.29) is 6.04 Å². The molecule has 0 saturated carbocycles. The first-order valence-corrected chi connectivity index (χ1v) is 4.09. The van der Waals surface area contributed by atoms with Crippen LogP contribution in [0.1, 0.15) is 26.7 Å². The van der Waals surface area contributed by atoms with Gasteiger partial charge < -0.3 is 0 Å². The Morgan fingerprint density at radius 2 is 2.36 bits per heavy atom. The van der Waals surface area contributed by atoms with Crippen molar-refractivity contribution in [2.24, 2.45) is 0 Å². The lowest BCUT2D eigenvalue weighted by molar-refractivity contribution is 0.532. The first-order chi connectivity index (χ1) is 5.24. The second kappa shape index (κ2) is 6.00. The second-order valence-corrected chi connectivity index (χ2v) is 2.70. The van der Waals surface area contributed by atoms with Crippen LogP contribution in [-0.4, -0.2) is 12.1 Å². The summed E-state index contributed by atoms with van der Waals surface area (Å²) in [7, 11) is 0. The summed E-state index contributed by atoms with van der Waals surface area (Å²) in [6.07, 6.45) is 9.33. The third-order valence-electron chi connectivity index (χ3n) is 1.60. The zero-order valence-corrected chi connectivity index (χ0v) is 7.43. The van der Waals surface area contributed by atoms with Crippen molar-refractivity contribution in [1.29, 1.82) is 0 Å². The van der Waals surface area contributed by atoms with E-state index in [1.807, 2.05) is 13.0 Å². The van der Waals surface area contributed by atoms with Gasteiger partial charge in [0.15, 0.2) is 0 Å². The molecule has 2 atom stereocenters. The van der Waals surface area contributed by atoms with E-state index < -0.39 is 0 Å². The molecule has 11 heavy (non-hydrogen) atoms. The van der Waals surface area contributed by atoms with Crippen LogP contribution in [-0.2, 0) is 0 Å². The number of hydrogen-bond acceptors (Lipinski definition) is 1. The number of nitrogens with one attached hydrogen (secondary N) is 1. The van der Waals surface area contributed by atoms with Gasteiger partial charge >= 0.3 is 0 Å². The Morgan fingerprint density at radius 1 is 1.73 bits per heavy atom. The molecule has 1 heteroatoms. The van der Waals surface area contributed by atoms with Crippen molar-refractivity contribution < 1.29 is 0 Å². The lowest BCUT2D eigenvalue weighted by atomic mass is 10.1. The second-order valence-electron chi connectivity index (χ2n) is 2.70. The average Bonchev–Trinajstić information content (AvgIpc) is 2.03. The minimum Gasteiger partial charge on any atom is -0.298 e. The standard InChI is InChI=1S/C10H17N/c1-5-8-10(7-3)11-9(4)6-2/h3,6,9-11H,2,5,8H2,1,4H3. The third kappa shape index (κ3) is 4.64. The maximum atomic E-state index is 5.32. The van der Waals surface area contributed by atoms with Crippen LogP contribution in [0.4, 0.5) is 0 Å². The molecule has 0 spiro atoms. The molecule has 0 bridgehead atoms. The molecule has 0 aliphatic carbocycles. The molecule has 2 unspecified atom stereocenters. The van der Waals surface area contributed by atoms with E-state index in [0.29, 0.717) is 6.04 Å². The van der Waals surface area contributed by atoms with Crippen LogP contribution in [0.25, 0.3) is 0 Å². The molecule has 0 fully saturated rings. The van der Waals surface area contributed by atoms with Crippen molar-refractivity contribution in [1.82, 2.24) is 5.32 Å². The largest absolute Gasteiger partial charge is 0.298 e. The van der Waals surface area contributed by atoms with Crippen molar-refractivity contribution in [3.8, 4) is 12.3 Å². The highest BCUT2D eigenvalue weighted by atomic mass is 14.9. The predicted octanol–water partition coefficient (Wildman–Crippen LogP) is 1.95. The summed E-state index contributed by atoms with van der Waals surface area (Å²) in [6.45, 7) is 7.86. The Hall–Kier alpha value is -0.740. The first-order valence-electron chi connectivity index (χ1n) is 4.09. The molecule has 62 valence electrons. The molecule has 0 radical (unpaired) electrons. The summed E-state index contributed by atoms with van der Waals surface area (Å²) in [6, 6.07) is 0.510. The Morgan fingerprint density at radius 3 is 2.73 bits per heavy atom. The van der Waals surface area contributed by atoms with E-state index in [1.165, 1.54) is 0 Å². The minimum atomic E-state index is 0.202. The topological polar surface area (TPSA) is 12.0 Å². The van der Waals surface area contributed by atoms with Gasteiger partial charge in [0.2, 0.25) is 0 Å². The van der Waals surface area contributed by atoms with Crippen LogP contribution in [0, 0.1) is 12.3 Å². The first kappa shape index (κ1) is 10.3. The summed E-state index contributed by atoms with van der Waals surface area (Å²) in [5.41, 5.74) is 0. The van der Waals surface area contributed by atoms with Crippen molar-refractivity contribution in [3.05, 3.63) is 12.7 Å². The van der Waals surface area contributed by atoms with E-state index in [0.717, 1.165) is 12.8 Å². The van der Waals surface area contributed by atoms with Gasteiger partial charge in [0.25, 0.3) is 0 Å². The van der Waals surface area contributed by atoms with Gasteiger partial charge in [-0.2, -0.15) is 0 Å². The molecule has 1 N–H and O–H groups in total. The molecule has 0 aromatic heterocycles. The molecular weight excluding hydrogens is 134 g/mol. The molecule has 0 amide bonds. The fourth-order valence-electron chi connectivity index (χ4n) is 0.889. The highest BCUT2D eigenvalue weighted by molar-refractivity contribution is 5.01. The molecular formula is C10H17N. The highest BCUT2D eigenvalue weighted by Gasteiger charge is 2.04. The maximum absolute atomic E-state index is 5.32. The average molecular weight is 151 g/mol. The molecule has 0 heterocycles. The van der Waals surface area contributed by atoms with Crippen LogP contribution in [0.2, 0.25) is 0 Å². The quantitative estimate of drug-likeness (QED) is 0.468. The fraction of sp³-hybridized carbons (Fsp3) is 0.600. The van der Waals surface area contributed by atoms with Crippen LogP contribution < -0.4 is 5.32 Å². The van der Waals surface area contributed by atoms with E-state index in [9.17, 15) is 0 Å². The van der Waals surface area contributed by atoms with Gasteiger partial charge in [0, 0.05) is 6.04 Å². The van der Waals surface area contributed by atoms with Crippen LogP contribution in [0.15, 0.2) is 12.7 Å². The minimum absolute atomic E-state index is 0.202. The van der Waals surface area contributed by atoms with Gasteiger partial charge in [0.05, 0.1) is 6.04 Å². The lowest BCUT2D eigenvalue weighted by Crippen LogP contribution is -2.33. The van der Waals surface area contributed by atoms with Crippen LogP contribution in [0.5, 0.6) is 0 Å². The highest BCUT2D eigenvalue weighted by Crippen LogP contribution is 1.96. The van der Waals surface area contributed by atoms with E-state index in [1.54, 1.807) is 0 Å². The lowest BCUT2D eigenvalue weighted by Gasteiger charge is -2.15. The van der Waals surface area contributed by atoms with Crippen molar-refractivity contribution in [2.45, 2.75) is 38.8 Å². The summed E-state index contributed by atoms with van der Waals surface area (Å²) in [4.78, 5) is 0. The van der Waals surface area contributed by atoms with Crippen LogP contribution in [0.3, 0.4) is 0 Å². The molecule has 1 nitrogen and oxygen atoms in total. The molecule has 0 saturated heterocycles. The van der Waals surface area contributed by atoms with Crippen molar-refractivity contribution >= 4 is 0 Å². The Balaban J connectivity index is 3.69. The zero-order chi connectivity index (χ0) is 8.69. The van der Waals surface area contributed by atoms with Crippen molar-refractivity contribution in [3.63, 3.8) is 0 Å². The van der Waals surface area contributed by atoms with Gasteiger partial charge in [-0.05, 0) is 13.3 Å². The molecule has 0 rings (SSSR count). The molecule has 0 aliphatic heterocycles.